The van der Waals surface area contributed by atoms with Crippen LogP contribution in [0.3, 0.4) is 0 Å². The van der Waals surface area contributed by atoms with E-state index in [1.165, 1.54) is 16.7 Å². The molecule has 8 heteroatoms. The van der Waals surface area contributed by atoms with Crippen LogP contribution in [0.1, 0.15) is 19.3 Å². The summed E-state index contributed by atoms with van der Waals surface area (Å²) in [6.07, 6.45) is 7.06. The van der Waals surface area contributed by atoms with Crippen molar-refractivity contribution < 1.29 is 24.3 Å². The Morgan fingerprint density at radius 1 is 1.28 bits per heavy atom. The number of rotatable bonds is 8. The fourth-order valence-corrected chi connectivity index (χ4v) is 4.63. The molecule has 1 saturated carbocycles. The Hall–Kier alpha value is -1.83. The highest BCUT2D eigenvalue weighted by Crippen LogP contribution is 2.52. The minimum Gasteiger partial charge on any atom is -0.480 e. The van der Waals surface area contributed by atoms with E-state index >= 15 is 0 Å². The van der Waals surface area contributed by atoms with Gasteiger partial charge in [-0.05, 0) is 36.7 Å². The third-order valence-electron chi connectivity index (χ3n) is 5.37. The second-order valence-electron chi connectivity index (χ2n) is 6.82. The van der Waals surface area contributed by atoms with Gasteiger partial charge in [-0.15, -0.1) is 0 Å². The number of hydrogen-bond donors (Lipinski definition) is 2. The van der Waals surface area contributed by atoms with E-state index in [-0.39, 0.29) is 48.5 Å². The molecular weight excluding hydrogens is 344 g/mol. The number of amides is 3. The summed E-state index contributed by atoms with van der Waals surface area (Å²) in [5.41, 5.74) is 0. The molecule has 0 spiro atoms. The summed E-state index contributed by atoms with van der Waals surface area (Å²) in [7, 11) is 0. The molecule has 0 aromatic carbocycles. The maximum Gasteiger partial charge on any atom is 0.326 e. The van der Waals surface area contributed by atoms with Crippen LogP contribution in [0, 0.1) is 23.7 Å². The van der Waals surface area contributed by atoms with Crippen LogP contribution in [0.25, 0.3) is 0 Å². The van der Waals surface area contributed by atoms with Crippen LogP contribution in [0.2, 0.25) is 0 Å². The maximum atomic E-state index is 12.5. The number of carboxylic acids is 1. The first-order valence-corrected chi connectivity index (χ1v) is 9.88. The van der Waals surface area contributed by atoms with Crippen molar-refractivity contribution in [2.75, 3.05) is 18.6 Å². The normalized spacial score (nSPS) is 30.7. The van der Waals surface area contributed by atoms with Crippen molar-refractivity contribution in [3.05, 3.63) is 12.2 Å². The Kier molecular flexibility index (Phi) is 5.17. The number of hydrogen-bond acceptors (Lipinski definition) is 5. The summed E-state index contributed by atoms with van der Waals surface area (Å²) in [6, 6.07) is -0.940. The molecule has 1 heterocycles. The van der Waals surface area contributed by atoms with Crippen molar-refractivity contribution in [3.63, 3.8) is 0 Å². The highest BCUT2D eigenvalue weighted by atomic mass is 32.2. The van der Waals surface area contributed by atoms with Crippen LogP contribution in [0.5, 0.6) is 0 Å². The number of likely N-dealkylation sites (tertiary alicyclic amines) is 1. The molecule has 136 valence electrons. The molecule has 2 aliphatic carbocycles. The lowest BCUT2D eigenvalue weighted by Gasteiger charge is -2.18. The molecule has 2 fully saturated rings. The molecule has 3 rings (SSSR count). The van der Waals surface area contributed by atoms with Crippen LogP contribution >= 0.6 is 11.8 Å². The van der Waals surface area contributed by atoms with Gasteiger partial charge in [0, 0.05) is 13.0 Å². The van der Waals surface area contributed by atoms with Crippen LogP contribution in [-0.4, -0.2) is 58.3 Å². The molecule has 3 aliphatic rings. The second-order valence-corrected chi connectivity index (χ2v) is 7.80. The lowest BCUT2D eigenvalue weighted by molar-refractivity contribution is -0.143. The number of carboxylic acid groups (broad SMARTS) is 1. The summed E-state index contributed by atoms with van der Waals surface area (Å²) in [6.45, 7) is 0.0187. The Balaban J connectivity index is 1.53. The number of carbonyl (C=O) groups is 4. The fraction of sp³-hybridized carbons (Fsp3) is 0.647. The second kappa shape index (κ2) is 7.19. The molecule has 7 nitrogen and oxygen atoms in total. The monoisotopic (exact) mass is 366 g/mol. The topological polar surface area (TPSA) is 104 Å². The van der Waals surface area contributed by atoms with E-state index in [9.17, 15) is 19.2 Å². The summed E-state index contributed by atoms with van der Waals surface area (Å²) in [5, 5.41) is 11.6. The van der Waals surface area contributed by atoms with E-state index in [2.05, 4.69) is 5.32 Å². The molecule has 1 aliphatic heterocycles. The average molecular weight is 366 g/mol. The third-order valence-corrected chi connectivity index (χ3v) is 6.01. The SMILES string of the molecule is CSCCC(NC(=O)CCN1C(=O)C2C3C=CC(C3)C2C1=O)C(=O)O. The zero-order valence-electron chi connectivity index (χ0n) is 14.0. The Labute approximate surface area is 150 Å². The average Bonchev–Trinajstić information content (AvgIpc) is 3.24. The number of aliphatic carboxylic acids is 1. The molecule has 5 unspecified atom stereocenters. The van der Waals surface area contributed by atoms with E-state index in [4.69, 9.17) is 5.11 Å². The molecule has 2 bridgehead atoms. The van der Waals surface area contributed by atoms with Gasteiger partial charge in [-0.2, -0.15) is 11.8 Å². The van der Waals surface area contributed by atoms with Gasteiger partial charge in [-0.1, -0.05) is 12.2 Å². The summed E-state index contributed by atoms with van der Waals surface area (Å²) in [5.74, 6) is -1.51. The number of nitrogens with zero attached hydrogens (tertiary/aromatic N) is 1. The van der Waals surface area contributed by atoms with Gasteiger partial charge in [0.05, 0.1) is 11.8 Å². The summed E-state index contributed by atoms with van der Waals surface area (Å²) in [4.78, 5) is 49.4. The van der Waals surface area contributed by atoms with Gasteiger partial charge in [0.1, 0.15) is 6.04 Å². The fourth-order valence-electron chi connectivity index (χ4n) is 4.16. The van der Waals surface area contributed by atoms with Gasteiger partial charge in [-0.25, -0.2) is 4.79 Å². The molecule has 25 heavy (non-hydrogen) atoms. The van der Waals surface area contributed by atoms with Crippen LogP contribution < -0.4 is 5.32 Å². The van der Waals surface area contributed by atoms with Crippen molar-refractivity contribution in [1.29, 1.82) is 0 Å². The lowest BCUT2D eigenvalue weighted by atomic mass is 9.85. The van der Waals surface area contributed by atoms with Crippen molar-refractivity contribution in [2.24, 2.45) is 23.7 Å². The molecular formula is C17H22N2O5S. The number of allylic oxidation sites excluding steroid dienone is 2. The van der Waals surface area contributed by atoms with E-state index in [0.29, 0.717) is 12.2 Å². The minimum atomic E-state index is -1.08. The first-order chi connectivity index (χ1) is 11.9. The Morgan fingerprint density at radius 3 is 2.40 bits per heavy atom. The van der Waals surface area contributed by atoms with Gasteiger partial charge in [0.25, 0.3) is 0 Å². The number of thioether (sulfide) groups is 1. The van der Waals surface area contributed by atoms with Gasteiger partial charge in [0.2, 0.25) is 17.7 Å². The maximum absolute atomic E-state index is 12.5. The van der Waals surface area contributed by atoms with Gasteiger partial charge in [0.15, 0.2) is 0 Å². The Morgan fingerprint density at radius 2 is 1.88 bits per heavy atom. The molecule has 0 radical (unpaired) electrons. The van der Waals surface area contributed by atoms with Gasteiger partial charge < -0.3 is 10.4 Å². The molecule has 2 N–H and O–H groups in total. The number of carbonyl (C=O) groups excluding carboxylic acids is 3. The summed E-state index contributed by atoms with van der Waals surface area (Å²) >= 11 is 1.51. The smallest absolute Gasteiger partial charge is 0.326 e. The minimum absolute atomic E-state index is 0.0187. The van der Waals surface area contributed by atoms with E-state index in [1.54, 1.807) is 0 Å². The predicted octanol–water partition coefficient (Wildman–Crippen LogP) is 0.506. The Bertz CT molecular complexity index is 605. The van der Waals surface area contributed by atoms with Crippen LogP contribution in [-0.2, 0) is 19.2 Å². The molecule has 0 aromatic heterocycles. The van der Waals surface area contributed by atoms with Gasteiger partial charge in [-0.3, -0.25) is 19.3 Å². The van der Waals surface area contributed by atoms with Gasteiger partial charge >= 0.3 is 5.97 Å². The largest absolute Gasteiger partial charge is 0.480 e. The van der Waals surface area contributed by atoms with Crippen molar-refractivity contribution in [2.45, 2.75) is 25.3 Å². The van der Waals surface area contributed by atoms with Crippen molar-refractivity contribution in [1.82, 2.24) is 10.2 Å². The number of fused-ring (bicyclic) bond motifs is 5. The molecule has 3 amide bonds. The third kappa shape index (κ3) is 3.31. The van der Waals surface area contributed by atoms with E-state index in [1.807, 2.05) is 18.4 Å². The van der Waals surface area contributed by atoms with Crippen LogP contribution in [0.15, 0.2) is 12.2 Å². The predicted molar refractivity (Wildman–Crippen MR) is 91.6 cm³/mol. The molecule has 0 aromatic rings. The highest BCUT2D eigenvalue weighted by Gasteiger charge is 2.59. The zero-order valence-corrected chi connectivity index (χ0v) is 14.8. The molecule has 1 saturated heterocycles. The molecule has 5 atom stereocenters. The van der Waals surface area contributed by atoms with Crippen molar-refractivity contribution >= 4 is 35.5 Å². The first kappa shape index (κ1) is 18.0. The van der Waals surface area contributed by atoms with E-state index < -0.39 is 17.9 Å². The van der Waals surface area contributed by atoms with Crippen LogP contribution in [0.4, 0.5) is 0 Å². The highest BCUT2D eigenvalue weighted by molar-refractivity contribution is 7.98. The summed E-state index contributed by atoms with van der Waals surface area (Å²) < 4.78 is 0. The number of nitrogens with one attached hydrogen (secondary N) is 1. The zero-order chi connectivity index (χ0) is 18.1. The quantitative estimate of drug-likeness (QED) is 0.479. The van der Waals surface area contributed by atoms with Crippen molar-refractivity contribution in [3.8, 4) is 0 Å². The standard InChI is InChI=1S/C17H22N2O5S/c1-25-7-5-11(17(23)24)18-12(20)4-6-19-15(21)13-9-2-3-10(8-9)14(13)16(19)22/h2-3,9-11,13-14H,4-8H2,1H3,(H,18,20)(H,23,24). The number of imide groups is 1. The first-order valence-electron chi connectivity index (χ1n) is 8.48. The lowest BCUT2D eigenvalue weighted by Crippen LogP contribution is -2.43. The van der Waals surface area contributed by atoms with E-state index in [0.717, 1.165) is 6.42 Å².